The first kappa shape index (κ1) is 20.4. The molecule has 0 N–H and O–H groups in total. The Balaban J connectivity index is 1.49. The van der Waals surface area contributed by atoms with E-state index in [1.54, 1.807) is 6.20 Å². The van der Waals surface area contributed by atoms with Gasteiger partial charge in [0, 0.05) is 34.3 Å². The van der Waals surface area contributed by atoms with Crippen LogP contribution in [0.15, 0.2) is 128 Å². The maximum atomic E-state index is 5.00. The Morgan fingerprint density at radius 3 is 1.58 bits per heavy atom. The summed E-state index contributed by atoms with van der Waals surface area (Å²) < 4.78 is 4.16. The van der Waals surface area contributed by atoms with Crippen molar-refractivity contribution < 1.29 is 0 Å². The van der Waals surface area contributed by atoms with Gasteiger partial charge in [0.25, 0.3) is 0 Å². The number of hydrogen-bond donors (Lipinski definition) is 0. The summed E-state index contributed by atoms with van der Waals surface area (Å²) in [6.07, 6.45) is 3.73. The van der Waals surface area contributed by atoms with Crippen molar-refractivity contribution >= 4 is 21.8 Å². The van der Waals surface area contributed by atoms with Gasteiger partial charge in [-0.2, -0.15) is 0 Å². The molecular weight excluding hydrogens is 442 g/mol. The number of para-hydroxylation sites is 2. The summed E-state index contributed by atoms with van der Waals surface area (Å²) in [5.41, 5.74) is 5.98. The first-order valence-corrected chi connectivity index (χ1v) is 11.9. The SMILES string of the molecule is c1ccc(-c2cc(-c3ccccc3)nc(-n3ccnc3-n3c4ccccc4c4ccccc43)n2)cc1. The zero-order valence-electron chi connectivity index (χ0n) is 19.4. The molecule has 5 heteroatoms. The Hall–Kier alpha value is -5.03. The minimum absolute atomic E-state index is 0.574. The highest BCUT2D eigenvalue weighted by Crippen LogP contribution is 2.32. The second-order valence-corrected chi connectivity index (χ2v) is 8.64. The highest BCUT2D eigenvalue weighted by atomic mass is 15.3. The molecule has 0 saturated carbocycles. The summed E-state index contributed by atoms with van der Waals surface area (Å²) in [5, 5.41) is 2.37. The first-order valence-electron chi connectivity index (χ1n) is 11.9. The van der Waals surface area contributed by atoms with E-state index in [0.29, 0.717) is 5.95 Å². The fourth-order valence-electron chi connectivity index (χ4n) is 4.81. The maximum absolute atomic E-state index is 5.00. The van der Waals surface area contributed by atoms with E-state index in [9.17, 15) is 0 Å². The first-order chi connectivity index (χ1) is 17.9. The molecule has 0 aliphatic rings. The molecule has 170 valence electrons. The number of imidazole rings is 1. The van der Waals surface area contributed by atoms with Crippen LogP contribution in [0.5, 0.6) is 0 Å². The molecule has 3 aromatic heterocycles. The quantitative estimate of drug-likeness (QED) is 0.280. The van der Waals surface area contributed by atoms with Gasteiger partial charge in [-0.1, -0.05) is 97.1 Å². The molecule has 36 heavy (non-hydrogen) atoms. The Morgan fingerprint density at radius 1 is 0.528 bits per heavy atom. The van der Waals surface area contributed by atoms with Gasteiger partial charge in [0.1, 0.15) is 0 Å². The van der Waals surface area contributed by atoms with Crippen LogP contribution < -0.4 is 0 Å². The van der Waals surface area contributed by atoms with Gasteiger partial charge in [-0.25, -0.2) is 15.0 Å². The molecule has 0 aliphatic carbocycles. The van der Waals surface area contributed by atoms with Crippen LogP contribution in [-0.2, 0) is 0 Å². The smallest absolute Gasteiger partial charge is 0.237 e. The molecule has 4 aromatic carbocycles. The van der Waals surface area contributed by atoms with Crippen molar-refractivity contribution in [3.05, 3.63) is 128 Å². The van der Waals surface area contributed by atoms with Crippen molar-refractivity contribution in [2.45, 2.75) is 0 Å². The molecule has 0 fully saturated rings. The van der Waals surface area contributed by atoms with Crippen molar-refractivity contribution in [2.24, 2.45) is 0 Å². The van der Waals surface area contributed by atoms with Crippen molar-refractivity contribution in [1.29, 1.82) is 0 Å². The van der Waals surface area contributed by atoms with E-state index in [-0.39, 0.29) is 0 Å². The summed E-state index contributed by atoms with van der Waals surface area (Å²) in [5.74, 6) is 1.32. The van der Waals surface area contributed by atoms with Gasteiger partial charge in [0.2, 0.25) is 11.9 Å². The lowest BCUT2D eigenvalue weighted by molar-refractivity contribution is 0.874. The number of hydrogen-bond acceptors (Lipinski definition) is 3. The maximum Gasteiger partial charge on any atom is 0.237 e. The topological polar surface area (TPSA) is 48.5 Å². The second-order valence-electron chi connectivity index (χ2n) is 8.64. The highest BCUT2D eigenvalue weighted by Gasteiger charge is 2.18. The van der Waals surface area contributed by atoms with Crippen LogP contribution in [0.3, 0.4) is 0 Å². The predicted molar refractivity (Wildman–Crippen MR) is 144 cm³/mol. The number of benzene rings is 4. The molecule has 7 rings (SSSR count). The molecule has 5 nitrogen and oxygen atoms in total. The van der Waals surface area contributed by atoms with E-state index < -0.39 is 0 Å². The van der Waals surface area contributed by atoms with E-state index in [2.05, 4.69) is 77.4 Å². The molecule has 0 atom stereocenters. The minimum Gasteiger partial charge on any atom is -0.279 e. The highest BCUT2D eigenvalue weighted by molar-refractivity contribution is 6.08. The van der Waals surface area contributed by atoms with E-state index in [4.69, 9.17) is 15.0 Å². The summed E-state index contributed by atoms with van der Waals surface area (Å²) in [4.78, 5) is 14.8. The predicted octanol–water partition coefficient (Wildman–Crippen LogP) is 7.09. The average molecular weight is 464 g/mol. The standard InChI is InChI=1S/C31H21N5/c1-3-11-22(12-4-1)26-21-27(23-13-5-2-6-14-23)34-30(33-26)35-20-19-32-31(35)36-28-17-9-7-15-24(28)25-16-8-10-18-29(25)36/h1-21H. The average Bonchev–Trinajstić information content (AvgIpc) is 3.56. The van der Waals surface area contributed by atoms with Gasteiger partial charge in [-0.3, -0.25) is 9.13 Å². The molecule has 0 spiro atoms. The van der Waals surface area contributed by atoms with Gasteiger partial charge < -0.3 is 0 Å². The summed E-state index contributed by atoms with van der Waals surface area (Å²) in [7, 11) is 0. The van der Waals surface area contributed by atoms with Crippen LogP contribution in [0.4, 0.5) is 0 Å². The lowest BCUT2D eigenvalue weighted by Gasteiger charge is -2.13. The van der Waals surface area contributed by atoms with Crippen LogP contribution in [-0.4, -0.2) is 24.1 Å². The Kier molecular flexibility index (Phi) is 4.71. The van der Waals surface area contributed by atoms with E-state index >= 15 is 0 Å². The molecule has 3 heterocycles. The molecular formula is C31H21N5. The second kappa shape index (κ2) is 8.32. The third-order valence-corrected chi connectivity index (χ3v) is 6.47. The molecule has 0 bridgehead atoms. The van der Waals surface area contributed by atoms with Crippen LogP contribution in [0.25, 0.3) is 56.2 Å². The van der Waals surface area contributed by atoms with Crippen LogP contribution in [0, 0.1) is 0 Å². The van der Waals surface area contributed by atoms with Gasteiger partial charge in [0.15, 0.2) is 0 Å². The Labute approximate surface area is 208 Å². The zero-order valence-corrected chi connectivity index (χ0v) is 19.4. The van der Waals surface area contributed by atoms with Crippen LogP contribution >= 0.6 is 0 Å². The van der Waals surface area contributed by atoms with Gasteiger partial charge in [-0.05, 0) is 18.2 Å². The molecule has 0 amide bonds. The number of rotatable bonds is 4. The van der Waals surface area contributed by atoms with Crippen LogP contribution in [0.2, 0.25) is 0 Å². The van der Waals surface area contributed by atoms with Gasteiger partial charge >= 0.3 is 0 Å². The fraction of sp³-hybridized carbons (Fsp3) is 0. The fourth-order valence-corrected chi connectivity index (χ4v) is 4.81. The number of nitrogens with zero attached hydrogens (tertiary/aromatic N) is 5. The van der Waals surface area contributed by atoms with Crippen molar-refractivity contribution in [2.75, 3.05) is 0 Å². The Bertz CT molecular complexity index is 1720. The van der Waals surface area contributed by atoms with Gasteiger partial charge in [-0.15, -0.1) is 0 Å². The number of aromatic nitrogens is 5. The van der Waals surface area contributed by atoms with E-state index in [0.717, 1.165) is 39.5 Å². The monoisotopic (exact) mass is 463 g/mol. The van der Waals surface area contributed by atoms with Crippen molar-refractivity contribution in [3.63, 3.8) is 0 Å². The molecule has 0 radical (unpaired) electrons. The summed E-state index contributed by atoms with van der Waals surface area (Å²) in [6, 6.07) is 39.3. The van der Waals surface area contributed by atoms with Crippen molar-refractivity contribution in [1.82, 2.24) is 24.1 Å². The molecule has 0 aliphatic heterocycles. The zero-order chi connectivity index (χ0) is 23.9. The van der Waals surface area contributed by atoms with E-state index in [1.807, 2.05) is 53.2 Å². The largest absolute Gasteiger partial charge is 0.279 e. The van der Waals surface area contributed by atoms with Crippen LogP contribution in [0.1, 0.15) is 0 Å². The molecule has 0 saturated heterocycles. The Morgan fingerprint density at radius 2 is 1.03 bits per heavy atom. The minimum atomic E-state index is 0.574. The lowest BCUT2D eigenvalue weighted by atomic mass is 10.1. The van der Waals surface area contributed by atoms with E-state index in [1.165, 1.54) is 10.8 Å². The third kappa shape index (κ3) is 3.29. The molecule has 7 aromatic rings. The van der Waals surface area contributed by atoms with Gasteiger partial charge in [0.05, 0.1) is 22.4 Å². The molecule has 0 unspecified atom stereocenters. The third-order valence-electron chi connectivity index (χ3n) is 6.47. The van der Waals surface area contributed by atoms with Crippen molar-refractivity contribution in [3.8, 4) is 34.4 Å². The summed E-state index contributed by atoms with van der Waals surface area (Å²) >= 11 is 0. The lowest BCUT2D eigenvalue weighted by Crippen LogP contribution is -2.09. The normalized spacial score (nSPS) is 11.3. The summed E-state index contributed by atoms with van der Waals surface area (Å²) in [6.45, 7) is 0. The number of fused-ring (bicyclic) bond motifs is 3.